The standard InChI is InChI=1S/C22H18F2N3O2.Pt/c23-20-11-10-15(21(24)27-20)18-8-2-6-16(25-18)13-4-1-5-14(12-13)17-7-3-9-19(26-17)22(28)29;/h2-3,6-9,11,13-14H,1,4-5,12H2,(H,28,29);/q-1;. The third-order valence-corrected chi connectivity index (χ3v) is 5.27. The molecule has 0 bridgehead atoms. The van der Waals surface area contributed by atoms with E-state index in [0.717, 1.165) is 43.1 Å². The van der Waals surface area contributed by atoms with E-state index < -0.39 is 17.9 Å². The van der Waals surface area contributed by atoms with Crippen molar-refractivity contribution in [2.24, 2.45) is 0 Å². The Morgan fingerprint density at radius 3 is 2.33 bits per heavy atom. The molecule has 1 aliphatic rings. The Balaban J connectivity index is 0.00000256. The molecular weight excluding hydrogens is 571 g/mol. The zero-order valence-corrected chi connectivity index (χ0v) is 18.1. The molecule has 2 atom stereocenters. The quantitative estimate of drug-likeness (QED) is 0.351. The maximum absolute atomic E-state index is 14.0. The summed E-state index contributed by atoms with van der Waals surface area (Å²) in [7, 11) is 0. The van der Waals surface area contributed by atoms with E-state index in [-0.39, 0.29) is 44.2 Å². The molecule has 1 aliphatic carbocycles. The summed E-state index contributed by atoms with van der Waals surface area (Å²) in [6.45, 7) is 0. The van der Waals surface area contributed by atoms with Gasteiger partial charge in [0.25, 0.3) is 0 Å². The maximum Gasteiger partial charge on any atom is 0.354 e. The second kappa shape index (κ2) is 9.52. The minimum Gasteiger partial charge on any atom is -0.477 e. The van der Waals surface area contributed by atoms with Crippen molar-refractivity contribution in [3.05, 3.63) is 77.5 Å². The number of carboxylic acid groups (broad SMARTS) is 1. The molecule has 0 spiro atoms. The summed E-state index contributed by atoms with van der Waals surface area (Å²) in [5, 5.41) is 9.18. The molecule has 2 unspecified atom stereocenters. The van der Waals surface area contributed by atoms with Crippen molar-refractivity contribution >= 4 is 5.97 Å². The molecule has 5 nitrogen and oxygen atoms in total. The van der Waals surface area contributed by atoms with Gasteiger partial charge in [-0.05, 0) is 43.2 Å². The number of halogens is 2. The van der Waals surface area contributed by atoms with E-state index in [0.29, 0.717) is 5.69 Å². The normalized spacial score (nSPS) is 18.5. The molecule has 3 aromatic rings. The molecule has 8 heteroatoms. The molecule has 0 saturated heterocycles. The van der Waals surface area contributed by atoms with E-state index in [1.54, 1.807) is 18.2 Å². The molecule has 0 amide bonds. The molecular formula is C22H18F2N3O2Pt-. The van der Waals surface area contributed by atoms with Crippen LogP contribution in [0.4, 0.5) is 8.78 Å². The van der Waals surface area contributed by atoms with Gasteiger partial charge in [-0.3, -0.25) is 4.98 Å². The molecule has 4 rings (SSSR count). The number of carboxylic acids is 1. The van der Waals surface area contributed by atoms with Crippen LogP contribution in [0.2, 0.25) is 0 Å². The minimum atomic E-state index is -1.04. The van der Waals surface area contributed by atoms with E-state index in [1.165, 1.54) is 6.07 Å². The van der Waals surface area contributed by atoms with Gasteiger partial charge in [0, 0.05) is 44.3 Å². The molecule has 3 aromatic heterocycles. The monoisotopic (exact) mass is 589 g/mol. The third kappa shape index (κ3) is 4.78. The Morgan fingerprint density at radius 1 is 1.00 bits per heavy atom. The van der Waals surface area contributed by atoms with Gasteiger partial charge in [0.15, 0.2) is 0 Å². The van der Waals surface area contributed by atoms with Crippen LogP contribution in [0.15, 0.2) is 42.5 Å². The number of aromatic nitrogens is 3. The van der Waals surface area contributed by atoms with Gasteiger partial charge in [-0.1, -0.05) is 36.2 Å². The summed E-state index contributed by atoms with van der Waals surface area (Å²) in [5.74, 6) is -2.63. The minimum absolute atomic E-state index is 0. The van der Waals surface area contributed by atoms with Crippen LogP contribution < -0.4 is 0 Å². The first-order chi connectivity index (χ1) is 14.0. The Morgan fingerprint density at radius 2 is 1.67 bits per heavy atom. The smallest absolute Gasteiger partial charge is 0.354 e. The molecule has 1 N–H and O–H groups in total. The second-order valence-corrected chi connectivity index (χ2v) is 7.15. The van der Waals surface area contributed by atoms with E-state index in [4.69, 9.17) is 0 Å². The molecule has 1 fully saturated rings. The summed E-state index contributed by atoms with van der Waals surface area (Å²) in [6, 6.07) is 14.0. The zero-order chi connectivity index (χ0) is 20.4. The van der Waals surface area contributed by atoms with Crippen molar-refractivity contribution in [3.63, 3.8) is 0 Å². The first-order valence-corrected chi connectivity index (χ1v) is 9.42. The topological polar surface area (TPSA) is 76.0 Å². The fraction of sp³-hybridized carbons (Fsp3) is 0.273. The fourth-order valence-electron chi connectivity index (χ4n) is 3.90. The van der Waals surface area contributed by atoms with Gasteiger partial charge in [0.2, 0.25) is 0 Å². The summed E-state index contributed by atoms with van der Waals surface area (Å²) in [6.07, 6.45) is 3.59. The van der Waals surface area contributed by atoms with E-state index in [9.17, 15) is 18.7 Å². The fourth-order valence-corrected chi connectivity index (χ4v) is 3.90. The number of hydrogen-bond acceptors (Lipinski definition) is 4. The number of pyridine rings is 3. The van der Waals surface area contributed by atoms with Crippen molar-refractivity contribution in [1.82, 2.24) is 15.0 Å². The summed E-state index contributed by atoms with van der Waals surface area (Å²) >= 11 is 0. The van der Waals surface area contributed by atoms with Crippen molar-refractivity contribution < 1.29 is 39.7 Å². The van der Waals surface area contributed by atoms with E-state index in [2.05, 4.69) is 21.0 Å². The predicted molar refractivity (Wildman–Crippen MR) is 101 cm³/mol. The number of hydrogen-bond donors (Lipinski definition) is 1. The first kappa shape index (κ1) is 22.2. The number of nitrogens with zero attached hydrogens (tertiary/aromatic N) is 3. The van der Waals surface area contributed by atoms with Crippen LogP contribution in [-0.4, -0.2) is 26.0 Å². The first-order valence-electron chi connectivity index (χ1n) is 9.42. The number of carbonyl (C=O) groups is 1. The Kier molecular flexibility index (Phi) is 7.03. The SMILES string of the molecule is O=C(O)c1cccc(C2CCCC(c3cccc(-c4[c-]cc(F)nc4F)n3)C2)n1.[Pt]. The van der Waals surface area contributed by atoms with Gasteiger partial charge < -0.3 is 10.1 Å². The van der Waals surface area contributed by atoms with Gasteiger partial charge in [-0.25, -0.2) is 18.6 Å². The molecule has 30 heavy (non-hydrogen) atoms. The van der Waals surface area contributed by atoms with Crippen molar-refractivity contribution in [2.45, 2.75) is 37.5 Å². The van der Waals surface area contributed by atoms with Gasteiger partial charge in [-0.15, -0.1) is 6.07 Å². The van der Waals surface area contributed by atoms with Crippen LogP contribution in [0, 0.1) is 18.0 Å². The van der Waals surface area contributed by atoms with Gasteiger partial charge in [0.1, 0.15) is 17.6 Å². The number of aromatic carboxylic acids is 1. The second-order valence-electron chi connectivity index (χ2n) is 7.15. The van der Waals surface area contributed by atoms with Crippen molar-refractivity contribution in [1.29, 1.82) is 0 Å². The molecule has 1 saturated carbocycles. The van der Waals surface area contributed by atoms with Gasteiger partial charge in [-0.2, -0.15) is 0 Å². The van der Waals surface area contributed by atoms with Crippen LogP contribution in [0.5, 0.6) is 0 Å². The maximum atomic E-state index is 14.0. The van der Waals surface area contributed by atoms with Crippen LogP contribution in [0.1, 0.15) is 59.4 Å². The van der Waals surface area contributed by atoms with Crippen molar-refractivity contribution in [3.8, 4) is 11.3 Å². The summed E-state index contributed by atoms with van der Waals surface area (Å²) < 4.78 is 27.1. The van der Waals surface area contributed by atoms with Crippen LogP contribution in [-0.2, 0) is 21.1 Å². The Hall–Kier alpha value is -2.53. The average molecular weight is 589 g/mol. The van der Waals surface area contributed by atoms with Gasteiger partial charge in [0.05, 0.1) is 0 Å². The number of rotatable bonds is 4. The van der Waals surface area contributed by atoms with Crippen LogP contribution >= 0.6 is 0 Å². The van der Waals surface area contributed by atoms with Crippen LogP contribution in [0.25, 0.3) is 11.3 Å². The molecule has 0 aliphatic heterocycles. The molecule has 3 heterocycles. The summed E-state index contributed by atoms with van der Waals surface area (Å²) in [4.78, 5) is 23.3. The van der Waals surface area contributed by atoms with Crippen molar-refractivity contribution in [2.75, 3.05) is 0 Å². The van der Waals surface area contributed by atoms with E-state index >= 15 is 0 Å². The third-order valence-electron chi connectivity index (χ3n) is 5.27. The molecule has 0 aromatic carbocycles. The molecule has 0 radical (unpaired) electrons. The molecule has 158 valence electrons. The zero-order valence-electron chi connectivity index (χ0n) is 15.8. The summed E-state index contributed by atoms with van der Waals surface area (Å²) in [5.41, 5.74) is 2.03. The predicted octanol–water partition coefficient (Wildman–Crippen LogP) is 4.75. The van der Waals surface area contributed by atoms with E-state index in [1.807, 2.05) is 12.1 Å². The van der Waals surface area contributed by atoms with Crippen LogP contribution in [0.3, 0.4) is 0 Å². The largest absolute Gasteiger partial charge is 0.477 e. The average Bonchev–Trinajstić information content (AvgIpc) is 2.74. The Bertz CT molecular complexity index is 1060. The Labute approximate surface area is 186 Å². The van der Waals surface area contributed by atoms with Gasteiger partial charge >= 0.3 is 5.97 Å².